The van der Waals surface area contributed by atoms with Gasteiger partial charge in [0.2, 0.25) is 0 Å². The zero-order valence-electron chi connectivity index (χ0n) is 13.8. The molecule has 0 bridgehead atoms. The van der Waals surface area contributed by atoms with E-state index in [1.165, 1.54) is 37.7 Å². The second-order valence-corrected chi connectivity index (χ2v) is 6.29. The Labute approximate surface area is 129 Å². The molecule has 2 atom stereocenters. The highest BCUT2D eigenvalue weighted by atomic mass is 15.1. The lowest BCUT2D eigenvalue weighted by atomic mass is 9.81. The summed E-state index contributed by atoms with van der Waals surface area (Å²) in [4.78, 5) is 8.77. The molecule has 0 aliphatic heterocycles. The normalized spacial score (nSPS) is 22.0. The molecular formula is C17H30N4. The van der Waals surface area contributed by atoms with Crippen LogP contribution in [0.25, 0.3) is 0 Å². The highest BCUT2D eigenvalue weighted by Gasteiger charge is 2.18. The maximum Gasteiger partial charge on any atom is 0.134 e. The molecule has 0 spiro atoms. The summed E-state index contributed by atoms with van der Waals surface area (Å²) in [6.45, 7) is 8.56. The highest BCUT2D eigenvalue weighted by molar-refractivity contribution is 5.57. The lowest BCUT2D eigenvalue weighted by molar-refractivity contribution is 0.274. The Morgan fingerprint density at radius 2 is 1.90 bits per heavy atom. The van der Waals surface area contributed by atoms with E-state index in [0.29, 0.717) is 0 Å². The van der Waals surface area contributed by atoms with Crippen molar-refractivity contribution in [3.8, 4) is 0 Å². The van der Waals surface area contributed by atoms with E-state index in [9.17, 15) is 0 Å². The van der Waals surface area contributed by atoms with Gasteiger partial charge in [-0.25, -0.2) is 9.97 Å². The first-order valence-electron chi connectivity index (χ1n) is 8.56. The molecule has 2 rings (SSSR count). The standard InChI is InChI=1S/C17H30N4/c1-4-15-16(18-5-2)20-12-21-17(15)19-10-9-14-8-6-7-13(3)11-14/h12-14H,4-11H2,1-3H3,(H2,18,19,20,21). The molecule has 4 nitrogen and oxygen atoms in total. The van der Waals surface area contributed by atoms with E-state index >= 15 is 0 Å². The Morgan fingerprint density at radius 3 is 2.57 bits per heavy atom. The van der Waals surface area contributed by atoms with Crippen LogP contribution in [0.15, 0.2) is 6.33 Å². The van der Waals surface area contributed by atoms with Crippen molar-refractivity contribution in [1.82, 2.24) is 9.97 Å². The van der Waals surface area contributed by atoms with Gasteiger partial charge in [0.1, 0.15) is 18.0 Å². The SMILES string of the molecule is CCNc1ncnc(NCCC2CCCC(C)C2)c1CC. The molecule has 0 amide bonds. The summed E-state index contributed by atoms with van der Waals surface area (Å²) in [6.07, 6.45) is 9.49. The first kappa shape index (κ1) is 16.1. The number of nitrogens with zero attached hydrogens (tertiary/aromatic N) is 2. The van der Waals surface area contributed by atoms with E-state index in [2.05, 4.69) is 41.4 Å². The third-order valence-electron chi connectivity index (χ3n) is 4.53. The van der Waals surface area contributed by atoms with Crippen molar-refractivity contribution in [3.63, 3.8) is 0 Å². The second-order valence-electron chi connectivity index (χ2n) is 6.29. The van der Waals surface area contributed by atoms with E-state index in [1.54, 1.807) is 6.33 Å². The topological polar surface area (TPSA) is 49.8 Å². The fraction of sp³-hybridized carbons (Fsp3) is 0.765. The van der Waals surface area contributed by atoms with Crippen LogP contribution in [0.4, 0.5) is 11.6 Å². The Morgan fingerprint density at radius 1 is 1.14 bits per heavy atom. The molecule has 1 aromatic heterocycles. The number of nitrogens with one attached hydrogen (secondary N) is 2. The van der Waals surface area contributed by atoms with Crippen molar-refractivity contribution in [2.24, 2.45) is 11.8 Å². The monoisotopic (exact) mass is 290 g/mol. The van der Waals surface area contributed by atoms with E-state index in [0.717, 1.165) is 43.0 Å². The van der Waals surface area contributed by atoms with Crippen molar-refractivity contribution in [3.05, 3.63) is 11.9 Å². The molecule has 0 saturated heterocycles. The molecule has 1 fully saturated rings. The fourth-order valence-electron chi connectivity index (χ4n) is 3.44. The molecule has 1 saturated carbocycles. The highest BCUT2D eigenvalue weighted by Crippen LogP contribution is 2.30. The van der Waals surface area contributed by atoms with Gasteiger partial charge in [0.05, 0.1) is 0 Å². The van der Waals surface area contributed by atoms with Gasteiger partial charge in [0.25, 0.3) is 0 Å². The average Bonchev–Trinajstić information content (AvgIpc) is 2.48. The van der Waals surface area contributed by atoms with E-state index in [4.69, 9.17) is 0 Å². The van der Waals surface area contributed by atoms with Crippen molar-refractivity contribution in [2.45, 2.75) is 59.3 Å². The molecule has 4 heteroatoms. The van der Waals surface area contributed by atoms with Gasteiger partial charge in [0, 0.05) is 18.7 Å². The van der Waals surface area contributed by atoms with Crippen LogP contribution >= 0.6 is 0 Å². The molecule has 0 radical (unpaired) electrons. The smallest absolute Gasteiger partial charge is 0.134 e. The van der Waals surface area contributed by atoms with Crippen molar-refractivity contribution < 1.29 is 0 Å². The maximum atomic E-state index is 4.43. The van der Waals surface area contributed by atoms with Crippen LogP contribution in [0.1, 0.15) is 58.4 Å². The van der Waals surface area contributed by atoms with Crippen LogP contribution in [-0.4, -0.2) is 23.1 Å². The summed E-state index contributed by atoms with van der Waals surface area (Å²) < 4.78 is 0. The molecule has 0 aromatic carbocycles. The minimum Gasteiger partial charge on any atom is -0.370 e. The van der Waals surface area contributed by atoms with Gasteiger partial charge in [-0.2, -0.15) is 0 Å². The van der Waals surface area contributed by atoms with Gasteiger partial charge < -0.3 is 10.6 Å². The molecule has 118 valence electrons. The van der Waals surface area contributed by atoms with Gasteiger partial charge in [-0.15, -0.1) is 0 Å². The number of anilines is 2. The van der Waals surface area contributed by atoms with Crippen LogP contribution in [0.3, 0.4) is 0 Å². The van der Waals surface area contributed by atoms with Gasteiger partial charge in [-0.1, -0.05) is 33.1 Å². The summed E-state index contributed by atoms with van der Waals surface area (Å²) in [6, 6.07) is 0. The first-order valence-corrected chi connectivity index (χ1v) is 8.56. The van der Waals surface area contributed by atoms with Gasteiger partial charge >= 0.3 is 0 Å². The quantitative estimate of drug-likeness (QED) is 0.794. The van der Waals surface area contributed by atoms with Gasteiger partial charge in [-0.3, -0.25) is 0 Å². The molecule has 1 heterocycles. The van der Waals surface area contributed by atoms with Gasteiger partial charge in [-0.05, 0) is 38.0 Å². The van der Waals surface area contributed by atoms with Crippen LogP contribution in [0.2, 0.25) is 0 Å². The molecule has 1 aromatic rings. The third-order valence-corrected chi connectivity index (χ3v) is 4.53. The van der Waals surface area contributed by atoms with Crippen molar-refractivity contribution in [2.75, 3.05) is 23.7 Å². The van der Waals surface area contributed by atoms with E-state index in [-0.39, 0.29) is 0 Å². The summed E-state index contributed by atoms with van der Waals surface area (Å²) in [5, 5.41) is 6.86. The summed E-state index contributed by atoms with van der Waals surface area (Å²) in [5.41, 5.74) is 1.20. The predicted octanol–water partition coefficient (Wildman–Crippen LogP) is 4.10. The molecule has 21 heavy (non-hydrogen) atoms. The average molecular weight is 290 g/mol. The lowest BCUT2D eigenvalue weighted by Crippen LogP contribution is -2.17. The Balaban J connectivity index is 1.89. The molecule has 2 unspecified atom stereocenters. The number of hydrogen-bond donors (Lipinski definition) is 2. The summed E-state index contributed by atoms with van der Waals surface area (Å²) in [7, 11) is 0. The minimum atomic E-state index is 0.890. The minimum absolute atomic E-state index is 0.890. The number of aromatic nitrogens is 2. The largest absolute Gasteiger partial charge is 0.370 e. The second kappa shape index (κ2) is 8.20. The first-order chi connectivity index (χ1) is 10.2. The zero-order valence-corrected chi connectivity index (χ0v) is 13.8. The lowest BCUT2D eigenvalue weighted by Gasteiger charge is -2.26. The Bertz CT molecular complexity index is 433. The van der Waals surface area contributed by atoms with Crippen LogP contribution < -0.4 is 10.6 Å². The van der Waals surface area contributed by atoms with Crippen molar-refractivity contribution >= 4 is 11.6 Å². The molecule has 1 aliphatic carbocycles. The molecular weight excluding hydrogens is 260 g/mol. The Kier molecular flexibility index (Phi) is 6.27. The molecule has 2 N–H and O–H groups in total. The van der Waals surface area contributed by atoms with E-state index < -0.39 is 0 Å². The van der Waals surface area contributed by atoms with Crippen LogP contribution in [0.5, 0.6) is 0 Å². The third kappa shape index (κ3) is 4.58. The zero-order chi connectivity index (χ0) is 15.1. The molecule has 1 aliphatic rings. The summed E-state index contributed by atoms with van der Waals surface area (Å²) >= 11 is 0. The number of rotatable bonds is 7. The predicted molar refractivity (Wildman–Crippen MR) is 89.8 cm³/mol. The summed E-state index contributed by atoms with van der Waals surface area (Å²) in [5.74, 6) is 3.78. The maximum absolute atomic E-state index is 4.43. The fourth-order valence-corrected chi connectivity index (χ4v) is 3.44. The Hall–Kier alpha value is -1.32. The van der Waals surface area contributed by atoms with Crippen LogP contribution in [-0.2, 0) is 6.42 Å². The van der Waals surface area contributed by atoms with Gasteiger partial charge in [0.15, 0.2) is 0 Å². The number of hydrogen-bond acceptors (Lipinski definition) is 4. The van der Waals surface area contributed by atoms with Crippen molar-refractivity contribution in [1.29, 1.82) is 0 Å². The van der Waals surface area contributed by atoms with Crippen LogP contribution in [0, 0.1) is 11.8 Å². The van der Waals surface area contributed by atoms with E-state index in [1.807, 2.05) is 0 Å².